The molecule has 10 heteroatoms. The number of morpholine rings is 1. The summed E-state index contributed by atoms with van der Waals surface area (Å²) >= 11 is 0. The van der Waals surface area contributed by atoms with E-state index >= 15 is 0 Å². The number of sulfonamides is 1. The standard InChI is InChI=1S/C29H31N5O4S/c1-19-8-11-24(12-9-19)39(36,37)33-27(14-22-15-30-26-7-5-4-6-25(22)26)29(35)32-23-10-13-28(31-16-23)34-17-20(2)38-21(3)18-34/h4-16,20-21,30,33H,17-18H2,1-3H3,(H,32,35)/t20-,21+. The highest BCUT2D eigenvalue weighted by Gasteiger charge is 2.24. The van der Waals surface area contributed by atoms with E-state index in [9.17, 15) is 13.2 Å². The molecule has 0 aliphatic carbocycles. The summed E-state index contributed by atoms with van der Waals surface area (Å²) in [5.74, 6) is 0.170. The Kier molecular flexibility index (Phi) is 7.40. The molecule has 0 bridgehead atoms. The van der Waals surface area contributed by atoms with Crippen LogP contribution in [0.25, 0.3) is 17.0 Å². The maximum Gasteiger partial charge on any atom is 0.272 e. The number of pyridine rings is 1. The number of aromatic nitrogens is 2. The number of H-pyrrole nitrogens is 1. The lowest BCUT2D eigenvalue weighted by atomic mass is 10.1. The van der Waals surface area contributed by atoms with Gasteiger partial charge in [0.2, 0.25) is 0 Å². The smallest absolute Gasteiger partial charge is 0.272 e. The molecule has 5 rings (SSSR count). The van der Waals surface area contributed by atoms with E-state index in [4.69, 9.17) is 4.74 Å². The summed E-state index contributed by atoms with van der Waals surface area (Å²) in [6.45, 7) is 7.37. The second-order valence-corrected chi connectivity index (χ2v) is 11.5. The number of carbonyl (C=O) groups excluding carboxylic acids is 1. The first-order chi connectivity index (χ1) is 18.7. The van der Waals surface area contributed by atoms with E-state index in [1.54, 1.807) is 30.6 Å². The summed E-state index contributed by atoms with van der Waals surface area (Å²) in [6, 6.07) is 17.6. The van der Waals surface area contributed by atoms with Crippen LogP contribution in [-0.2, 0) is 19.6 Å². The molecule has 9 nitrogen and oxygen atoms in total. The number of aryl methyl sites for hydroxylation is 1. The van der Waals surface area contributed by atoms with Crippen molar-refractivity contribution in [2.75, 3.05) is 23.3 Å². The second kappa shape index (κ2) is 10.9. The van der Waals surface area contributed by atoms with Crippen LogP contribution >= 0.6 is 0 Å². The quantitative estimate of drug-likeness (QED) is 0.296. The molecule has 0 unspecified atom stereocenters. The number of hydrogen-bond acceptors (Lipinski definition) is 6. The number of anilines is 2. The number of nitrogens with one attached hydrogen (secondary N) is 3. The molecular weight excluding hydrogens is 514 g/mol. The van der Waals surface area contributed by atoms with Crippen LogP contribution in [0, 0.1) is 6.92 Å². The molecule has 0 saturated carbocycles. The Morgan fingerprint density at radius 2 is 1.77 bits per heavy atom. The Bertz CT molecular complexity index is 1600. The summed E-state index contributed by atoms with van der Waals surface area (Å²) in [6.07, 6.45) is 5.01. The summed E-state index contributed by atoms with van der Waals surface area (Å²) in [5, 5.41) is 3.64. The van der Waals surface area contributed by atoms with E-state index in [2.05, 4.69) is 24.9 Å². The van der Waals surface area contributed by atoms with Crippen LogP contribution in [0.4, 0.5) is 11.5 Å². The molecular formula is C29H31N5O4S. The third kappa shape index (κ3) is 6.13. The van der Waals surface area contributed by atoms with Gasteiger partial charge in [0.1, 0.15) is 11.5 Å². The fraction of sp³-hybridized carbons (Fsp3) is 0.241. The Hall–Kier alpha value is -4.15. The molecule has 4 aromatic rings. The molecule has 2 atom stereocenters. The first-order valence-corrected chi connectivity index (χ1v) is 14.2. The minimum Gasteiger partial charge on any atom is -0.372 e. The van der Waals surface area contributed by atoms with Gasteiger partial charge in [0.05, 0.1) is 29.0 Å². The van der Waals surface area contributed by atoms with Gasteiger partial charge in [-0.3, -0.25) is 9.52 Å². The van der Waals surface area contributed by atoms with E-state index in [1.165, 1.54) is 18.2 Å². The van der Waals surface area contributed by atoms with Crippen molar-refractivity contribution in [2.24, 2.45) is 0 Å². The maximum atomic E-state index is 13.4. The Balaban J connectivity index is 1.42. The zero-order valence-corrected chi connectivity index (χ0v) is 22.8. The molecule has 1 aliphatic rings. The lowest BCUT2D eigenvalue weighted by Gasteiger charge is -2.36. The topological polar surface area (TPSA) is 116 Å². The van der Waals surface area contributed by atoms with E-state index in [1.807, 2.05) is 51.1 Å². The normalized spacial score (nSPS) is 18.2. The molecule has 0 radical (unpaired) electrons. The van der Waals surface area contributed by atoms with E-state index in [-0.39, 0.29) is 22.8 Å². The highest BCUT2D eigenvalue weighted by Crippen LogP contribution is 2.23. The molecule has 202 valence electrons. The van der Waals surface area contributed by atoms with Crippen molar-refractivity contribution < 1.29 is 17.9 Å². The number of amides is 1. The summed E-state index contributed by atoms with van der Waals surface area (Å²) in [4.78, 5) is 23.3. The third-order valence-electron chi connectivity index (χ3n) is 6.49. The predicted octanol–water partition coefficient (Wildman–Crippen LogP) is 4.44. The number of rotatable bonds is 7. The SMILES string of the molecule is Cc1ccc(S(=O)(=O)NC(=Cc2c[nH]c3ccccc23)C(=O)Nc2ccc(N3C[C@@H](C)O[C@@H](C)C3)nc2)cc1. The van der Waals surface area contributed by atoms with Gasteiger partial charge in [0.15, 0.2) is 0 Å². The van der Waals surface area contributed by atoms with Gasteiger partial charge in [-0.25, -0.2) is 13.4 Å². The number of hydrogen-bond donors (Lipinski definition) is 3. The van der Waals surface area contributed by atoms with Crippen molar-refractivity contribution in [2.45, 2.75) is 37.9 Å². The summed E-state index contributed by atoms with van der Waals surface area (Å²) < 4.78 is 34.7. The lowest BCUT2D eigenvalue weighted by molar-refractivity contribution is -0.113. The number of nitrogens with zero attached hydrogens (tertiary/aromatic N) is 2. The highest BCUT2D eigenvalue weighted by atomic mass is 32.2. The van der Waals surface area contributed by atoms with Crippen molar-refractivity contribution in [3.8, 4) is 0 Å². The average molecular weight is 546 g/mol. The molecule has 2 aromatic carbocycles. The number of ether oxygens (including phenoxy) is 1. The zero-order chi connectivity index (χ0) is 27.6. The fourth-order valence-corrected chi connectivity index (χ4v) is 5.70. The van der Waals surface area contributed by atoms with Crippen molar-refractivity contribution in [1.29, 1.82) is 0 Å². The molecule has 1 saturated heterocycles. The zero-order valence-electron chi connectivity index (χ0n) is 22.0. The summed E-state index contributed by atoms with van der Waals surface area (Å²) in [7, 11) is -4.03. The summed E-state index contributed by atoms with van der Waals surface area (Å²) in [5.41, 5.74) is 2.79. The number of aromatic amines is 1. The van der Waals surface area contributed by atoms with Gasteiger partial charge >= 0.3 is 0 Å². The number of benzene rings is 2. The minimum absolute atomic E-state index is 0.0608. The highest BCUT2D eigenvalue weighted by molar-refractivity contribution is 7.89. The number of fused-ring (bicyclic) bond motifs is 1. The first-order valence-electron chi connectivity index (χ1n) is 12.7. The van der Waals surface area contributed by atoms with Crippen LogP contribution in [0.5, 0.6) is 0 Å². The van der Waals surface area contributed by atoms with Crippen molar-refractivity contribution >= 4 is 44.4 Å². The van der Waals surface area contributed by atoms with Crippen molar-refractivity contribution in [3.63, 3.8) is 0 Å². The number of para-hydroxylation sites is 1. The lowest BCUT2D eigenvalue weighted by Crippen LogP contribution is -2.45. The van der Waals surface area contributed by atoms with E-state index in [0.717, 1.165) is 35.4 Å². The molecule has 1 fully saturated rings. The predicted molar refractivity (Wildman–Crippen MR) is 153 cm³/mol. The fourth-order valence-electron chi connectivity index (χ4n) is 4.64. The molecule has 1 aliphatic heterocycles. The van der Waals surface area contributed by atoms with E-state index in [0.29, 0.717) is 11.3 Å². The van der Waals surface area contributed by atoms with Gasteiger partial charge in [0, 0.05) is 35.8 Å². The van der Waals surface area contributed by atoms with Crippen molar-refractivity contribution in [1.82, 2.24) is 14.7 Å². The minimum atomic E-state index is -4.03. The number of carbonyl (C=O) groups is 1. The Morgan fingerprint density at radius 3 is 2.46 bits per heavy atom. The van der Waals surface area contributed by atoms with Gasteiger partial charge in [-0.1, -0.05) is 35.9 Å². The molecule has 3 heterocycles. The van der Waals surface area contributed by atoms with E-state index < -0.39 is 15.9 Å². The van der Waals surface area contributed by atoms with Crippen LogP contribution < -0.4 is 14.9 Å². The first kappa shape index (κ1) is 26.5. The van der Waals surface area contributed by atoms with Crippen molar-refractivity contribution in [3.05, 3.63) is 89.9 Å². The molecule has 3 N–H and O–H groups in total. The van der Waals surface area contributed by atoms with Gasteiger partial charge < -0.3 is 19.9 Å². The van der Waals surface area contributed by atoms with Gasteiger partial charge in [-0.05, 0) is 57.2 Å². The van der Waals surface area contributed by atoms with Crippen LogP contribution in [0.2, 0.25) is 0 Å². The van der Waals surface area contributed by atoms with Crippen LogP contribution in [0.3, 0.4) is 0 Å². The van der Waals surface area contributed by atoms with Gasteiger partial charge in [-0.15, -0.1) is 0 Å². The van der Waals surface area contributed by atoms with Gasteiger partial charge in [-0.2, -0.15) is 0 Å². The Morgan fingerprint density at radius 1 is 1.05 bits per heavy atom. The molecule has 2 aromatic heterocycles. The van der Waals surface area contributed by atoms with Gasteiger partial charge in [0.25, 0.3) is 15.9 Å². The molecule has 39 heavy (non-hydrogen) atoms. The molecule has 1 amide bonds. The second-order valence-electron chi connectivity index (χ2n) is 9.79. The molecule has 0 spiro atoms. The monoisotopic (exact) mass is 545 g/mol. The van der Waals surface area contributed by atoms with Crippen LogP contribution in [0.15, 0.2) is 83.6 Å². The average Bonchev–Trinajstić information content (AvgIpc) is 3.31. The van der Waals surface area contributed by atoms with Crippen LogP contribution in [0.1, 0.15) is 25.0 Å². The maximum absolute atomic E-state index is 13.4. The van der Waals surface area contributed by atoms with Crippen LogP contribution in [-0.4, -0.2) is 49.6 Å². The largest absolute Gasteiger partial charge is 0.372 e. The third-order valence-corrected chi connectivity index (χ3v) is 7.87. The Labute approximate surface area is 228 Å².